The van der Waals surface area contributed by atoms with Crippen molar-refractivity contribution in [3.63, 3.8) is 0 Å². The maximum atomic E-state index is 12.4. The third kappa shape index (κ3) is 2.64. The quantitative estimate of drug-likeness (QED) is 0.563. The van der Waals surface area contributed by atoms with E-state index in [4.69, 9.17) is 0 Å². The van der Waals surface area contributed by atoms with Gasteiger partial charge in [-0.25, -0.2) is 5.06 Å². The molecule has 2 heterocycles. The number of benzene rings is 2. The van der Waals surface area contributed by atoms with Crippen LogP contribution in [0.5, 0.6) is 0 Å². The average molecular weight is 349 g/mol. The highest BCUT2D eigenvalue weighted by Gasteiger charge is 2.25. The number of hydrogen-bond acceptors (Lipinski definition) is 3. The summed E-state index contributed by atoms with van der Waals surface area (Å²) in [5.41, 5.74) is 4.30. The molecule has 0 saturated carbocycles. The van der Waals surface area contributed by atoms with Gasteiger partial charge in [0.25, 0.3) is 11.8 Å². The lowest BCUT2D eigenvalue weighted by Crippen LogP contribution is -2.32. The normalized spacial score (nSPS) is 13.4. The minimum Gasteiger partial charge on any atom is -0.352 e. The van der Waals surface area contributed by atoms with Gasteiger partial charge in [0.1, 0.15) is 0 Å². The topological polar surface area (TPSA) is 74.6 Å². The smallest absolute Gasteiger partial charge is 0.276 e. The molecular formula is C20H19N3O3. The zero-order valence-corrected chi connectivity index (χ0v) is 14.4. The third-order valence-electron chi connectivity index (χ3n) is 4.79. The summed E-state index contributed by atoms with van der Waals surface area (Å²) in [6, 6.07) is 15.1. The number of para-hydroxylation sites is 1. The average Bonchev–Trinajstić information content (AvgIpc) is 2.97. The number of rotatable bonds is 3. The van der Waals surface area contributed by atoms with Gasteiger partial charge in [0.15, 0.2) is 0 Å². The van der Waals surface area contributed by atoms with E-state index in [0.29, 0.717) is 23.7 Å². The van der Waals surface area contributed by atoms with Crippen LogP contribution in [0.3, 0.4) is 0 Å². The minimum absolute atomic E-state index is 0.0203. The Morgan fingerprint density at radius 2 is 1.92 bits per heavy atom. The van der Waals surface area contributed by atoms with Gasteiger partial charge in [0.05, 0.1) is 5.56 Å². The van der Waals surface area contributed by atoms with Crippen LogP contribution in [0.25, 0.3) is 10.9 Å². The van der Waals surface area contributed by atoms with Gasteiger partial charge in [-0.05, 0) is 23.8 Å². The van der Waals surface area contributed by atoms with Crippen LogP contribution in [-0.4, -0.2) is 40.2 Å². The minimum atomic E-state index is -0.447. The standard InChI is InChI=1S/C20H19N3O3/c1-22(26)20(25)14-8-6-13(7-9-14)12-23-16-5-3-2-4-15(16)18-17(23)10-11-21-19(18)24/h2-9,26H,10-12H2,1H3,(H,21,24). The van der Waals surface area contributed by atoms with Gasteiger partial charge in [-0.1, -0.05) is 30.3 Å². The maximum Gasteiger partial charge on any atom is 0.276 e. The summed E-state index contributed by atoms with van der Waals surface area (Å²) in [4.78, 5) is 24.2. The van der Waals surface area contributed by atoms with Crippen LogP contribution < -0.4 is 5.32 Å². The van der Waals surface area contributed by atoms with Crippen LogP contribution in [0.4, 0.5) is 0 Å². The number of amides is 2. The van der Waals surface area contributed by atoms with Crippen molar-refractivity contribution < 1.29 is 14.8 Å². The fourth-order valence-electron chi connectivity index (χ4n) is 3.56. The zero-order chi connectivity index (χ0) is 18.3. The summed E-state index contributed by atoms with van der Waals surface area (Å²) in [6.45, 7) is 1.25. The Bertz CT molecular complexity index is 1000. The first-order chi connectivity index (χ1) is 12.6. The van der Waals surface area contributed by atoms with Crippen molar-refractivity contribution in [3.05, 3.63) is 70.9 Å². The summed E-state index contributed by atoms with van der Waals surface area (Å²) in [7, 11) is 1.31. The van der Waals surface area contributed by atoms with Gasteiger partial charge >= 0.3 is 0 Å². The molecule has 0 aliphatic carbocycles. The lowest BCUT2D eigenvalue weighted by atomic mass is 10.1. The van der Waals surface area contributed by atoms with Gasteiger partial charge < -0.3 is 9.88 Å². The molecule has 4 rings (SSSR count). The lowest BCUT2D eigenvalue weighted by Gasteiger charge is -2.17. The fraction of sp³-hybridized carbons (Fsp3) is 0.200. The molecular weight excluding hydrogens is 330 g/mol. The summed E-state index contributed by atoms with van der Waals surface area (Å²) in [5.74, 6) is -0.467. The molecule has 2 N–H and O–H groups in total. The molecule has 0 fully saturated rings. The summed E-state index contributed by atoms with van der Waals surface area (Å²) >= 11 is 0. The van der Waals surface area contributed by atoms with E-state index in [1.54, 1.807) is 12.1 Å². The van der Waals surface area contributed by atoms with Crippen molar-refractivity contribution in [1.82, 2.24) is 14.9 Å². The van der Waals surface area contributed by atoms with Crippen LogP contribution in [-0.2, 0) is 13.0 Å². The molecule has 1 aromatic heterocycles. The number of nitrogens with one attached hydrogen (secondary N) is 1. The number of hydrogen-bond donors (Lipinski definition) is 2. The van der Waals surface area contributed by atoms with Crippen molar-refractivity contribution in [3.8, 4) is 0 Å². The third-order valence-corrected chi connectivity index (χ3v) is 4.79. The highest BCUT2D eigenvalue weighted by Crippen LogP contribution is 2.29. The molecule has 6 heteroatoms. The zero-order valence-electron chi connectivity index (χ0n) is 14.4. The van der Waals surface area contributed by atoms with E-state index in [1.807, 2.05) is 36.4 Å². The maximum absolute atomic E-state index is 12.4. The Kier molecular flexibility index (Phi) is 3.97. The van der Waals surface area contributed by atoms with Crippen molar-refractivity contribution >= 4 is 22.7 Å². The molecule has 132 valence electrons. The van der Waals surface area contributed by atoms with Gasteiger partial charge in [-0.2, -0.15) is 0 Å². The first-order valence-electron chi connectivity index (χ1n) is 8.50. The molecule has 0 bridgehead atoms. The summed E-state index contributed by atoms with van der Waals surface area (Å²) in [6.07, 6.45) is 0.793. The molecule has 6 nitrogen and oxygen atoms in total. The molecule has 3 aromatic rings. The molecule has 1 aliphatic rings. The number of carbonyl (C=O) groups excluding carboxylic acids is 2. The van der Waals surface area contributed by atoms with Crippen LogP contribution in [0.15, 0.2) is 48.5 Å². The monoisotopic (exact) mass is 349 g/mol. The first kappa shape index (κ1) is 16.4. The van der Waals surface area contributed by atoms with Gasteiger partial charge in [0.2, 0.25) is 0 Å². The van der Waals surface area contributed by atoms with E-state index >= 15 is 0 Å². The van der Waals surface area contributed by atoms with Crippen molar-refractivity contribution in [2.24, 2.45) is 0 Å². The Morgan fingerprint density at radius 1 is 1.19 bits per heavy atom. The van der Waals surface area contributed by atoms with Crippen LogP contribution in [0.1, 0.15) is 32.0 Å². The van der Waals surface area contributed by atoms with Crippen LogP contribution in [0.2, 0.25) is 0 Å². The number of hydroxylamine groups is 2. The van der Waals surface area contributed by atoms with E-state index in [0.717, 1.165) is 34.1 Å². The molecule has 1 aliphatic heterocycles. The summed E-state index contributed by atoms with van der Waals surface area (Å²) < 4.78 is 2.18. The SMILES string of the molecule is CN(O)C(=O)c1ccc(Cn2c3c(c4ccccc42)C(=O)NCC3)cc1. The number of aromatic nitrogens is 1. The molecule has 0 atom stereocenters. The molecule has 0 saturated heterocycles. The molecule has 2 aromatic carbocycles. The molecule has 2 amide bonds. The Labute approximate surface area is 150 Å². The van der Waals surface area contributed by atoms with Gasteiger partial charge in [-0.3, -0.25) is 14.8 Å². The van der Waals surface area contributed by atoms with E-state index in [1.165, 1.54) is 7.05 Å². The fourth-order valence-corrected chi connectivity index (χ4v) is 3.56. The van der Waals surface area contributed by atoms with Crippen molar-refractivity contribution in [2.45, 2.75) is 13.0 Å². The summed E-state index contributed by atoms with van der Waals surface area (Å²) in [5, 5.41) is 13.7. The van der Waals surface area contributed by atoms with Gasteiger partial charge in [0, 0.05) is 48.7 Å². The van der Waals surface area contributed by atoms with Crippen LogP contribution in [0, 0.1) is 0 Å². The number of carbonyl (C=O) groups is 2. The second kappa shape index (κ2) is 6.31. The van der Waals surface area contributed by atoms with Gasteiger partial charge in [-0.15, -0.1) is 0 Å². The number of nitrogens with zero attached hydrogens (tertiary/aromatic N) is 2. The Balaban J connectivity index is 1.74. The molecule has 0 unspecified atom stereocenters. The highest BCUT2D eigenvalue weighted by atomic mass is 16.5. The van der Waals surface area contributed by atoms with Crippen LogP contribution >= 0.6 is 0 Å². The van der Waals surface area contributed by atoms with Crippen molar-refractivity contribution in [1.29, 1.82) is 0 Å². The Hall–Kier alpha value is -3.12. The second-order valence-corrected chi connectivity index (χ2v) is 6.46. The Morgan fingerprint density at radius 3 is 2.65 bits per heavy atom. The van der Waals surface area contributed by atoms with Crippen molar-refractivity contribution in [2.75, 3.05) is 13.6 Å². The van der Waals surface area contributed by atoms with E-state index < -0.39 is 5.91 Å². The van der Waals surface area contributed by atoms with E-state index in [-0.39, 0.29) is 5.91 Å². The second-order valence-electron chi connectivity index (χ2n) is 6.46. The first-order valence-corrected chi connectivity index (χ1v) is 8.50. The molecule has 26 heavy (non-hydrogen) atoms. The highest BCUT2D eigenvalue weighted by molar-refractivity contribution is 6.09. The lowest BCUT2D eigenvalue weighted by molar-refractivity contribution is -0.0374. The predicted molar refractivity (Wildman–Crippen MR) is 97.4 cm³/mol. The number of fused-ring (bicyclic) bond motifs is 3. The van der Waals surface area contributed by atoms with E-state index in [2.05, 4.69) is 9.88 Å². The van der Waals surface area contributed by atoms with E-state index in [9.17, 15) is 14.8 Å². The predicted octanol–water partition coefficient (Wildman–Crippen LogP) is 2.44. The largest absolute Gasteiger partial charge is 0.352 e. The molecule has 0 radical (unpaired) electrons. The molecule has 0 spiro atoms.